The molecule has 0 aliphatic carbocycles. The molecular formula is C11H11ClO4. The number of hydrogen-bond acceptors (Lipinski definition) is 3. The predicted molar refractivity (Wildman–Crippen MR) is 58.3 cm³/mol. The van der Waals surface area contributed by atoms with Crippen LogP contribution in [-0.4, -0.2) is 24.8 Å². The van der Waals surface area contributed by atoms with Crippen molar-refractivity contribution in [2.45, 2.75) is 6.42 Å². The minimum Gasteiger partial charge on any atom is -0.495 e. The summed E-state index contributed by atoms with van der Waals surface area (Å²) in [5.74, 6) is -0.164. The zero-order valence-corrected chi connectivity index (χ0v) is 9.45. The summed E-state index contributed by atoms with van der Waals surface area (Å²) in [7, 11) is 1.52. The van der Waals surface area contributed by atoms with Crippen LogP contribution in [0, 0.1) is 5.92 Å². The average Bonchev–Trinajstić information content (AvgIpc) is 2.27. The lowest BCUT2D eigenvalue weighted by atomic mass is 9.97. The first-order chi connectivity index (χ1) is 7.61. The molecule has 1 atom stereocenters. The van der Waals surface area contributed by atoms with Crippen LogP contribution >= 0.6 is 11.6 Å². The summed E-state index contributed by atoms with van der Waals surface area (Å²) in [4.78, 5) is 10.8. The van der Waals surface area contributed by atoms with Crippen molar-refractivity contribution in [2.24, 2.45) is 5.92 Å². The predicted octanol–water partition coefficient (Wildman–Crippen LogP) is 1.98. The van der Waals surface area contributed by atoms with Gasteiger partial charge in [-0.15, -0.1) is 0 Å². The van der Waals surface area contributed by atoms with Gasteiger partial charge in [0.1, 0.15) is 18.1 Å². The number of carbonyl (C=O) groups is 1. The smallest absolute Gasteiger partial charge is 0.310 e. The molecule has 0 aromatic heterocycles. The topological polar surface area (TPSA) is 55.8 Å². The molecule has 0 spiro atoms. The van der Waals surface area contributed by atoms with Crippen molar-refractivity contribution in [3.8, 4) is 11.5 Å². The summed E-state index contributed by atoms with van der Waals surface area (Å²) in [6.07, 6.45) is 0.439. The Balaban J connectivity index is 2.33. The molecule has 1 heterocycles. The number of fused-ring (bicyclic) bond motifs is 1. The van der Waals surface area contributed by atoms with Gasteiger partial charge in [0, 0.05) is 6.07 Å². The first kappa shape index (κ1) is 11.1. The van der Waals surface area contributed by atoms with Crippen molar-refractivity contribution in [2.75, 3.05) is 13.7 Å². The number of carboxylic acid groups (broad SMARTS) is 1. The van der Waals surface area contributed by atoms with Crippen LogP contribution in [0.2, 0.25) is 5.02 Å². The van der Waals surface area contributed by atoms with Crippen LogP contribution in [0.3, 0.4) is 0 Å². The van der Waals surface area contributed by atoms with Gasteiger partial charge in [-0.05, 0) is 18.1 Å². The van der Waals surface area contributed by atoms with Crippen molar-refractivity contribution >= 4 is 17.6 Å². The van der Waals surface area contributed by atoms with Gasteiger partial charge in [0.2, 0.25) is 0 Å². The maximum atomic E-state index is 10.8. The number of benzene rings is 1. The monoisotopic (exact) mass is 242 g/mol. The maximum Gasteiger partial charge on any atom is 0.310 e. The van der Waals surface area contributed by atoms with E-state index in [-0.39, 0.29) is 6.61 Å². The standard InChI is InChI=1S/C11H11ClO4/c1-15-10-4-9-6(3-8(10)12)2-7(5-16-9)11(13)14/h3-4,7H,2,5H2,1H3,(H,13,14). The number of methoxy groups -OCH3 is 1. The molecule has 1 unspecified atom stereocenters. The molecule has 0 radical (unpaired) electrons. The average molecular weight is 243 g/mol. The molecule has 16 heavy (non-hydrogen) atoms. The van der Waals surface area contributed by atoms with E-state index >= 15 is 0 Å². The second-order valence-electron chi connectivity index (χ2n) is 3.64. The van der Waals surface area contributed by atoms with E-state index in [1.165, 1.54) is 7.11 Å². The van der Waals surface area contributed by atoms with Gasteiger partial charge in [-0.1, -0.05) is 11.6 Å². The van der Waals surface area contributed by atoms with Gasteiger partial charge in [0.05, 0.1) is 18.1 Å². The normalized spacial score (nSPS) is 18.5. The second-order valence-corrected chi connectivity index (χ2v) is 4.05. The lowest BCUT2D eigenvalue weighted by Gasteiger charge is -2.23. The summed E-state index contributed by atoms with van der Waals surface area (Å²) in [5.41, 5.74) is 0.810. The fourth-order valence-corrected chi connectivity index (χ4v) is 1.96. The first-order valence-corrected chi connectivity index (χ1v) is 5.21. The Bertz CT molecular complexity index is 430. The summed E-state index contributed by atoms with van der Waals surface area (Å²) in [5, 5.41) is 9.36. The molecule has 1 aliphatic rings. The number of rotatable bonds is 2. The van der Waals surface area contributed by atoms with Crippen molar-refractivity contribution in [1.82, 2.24) is 0 Å². The highest BCUT2D eigenvalue weighted by Gasteiger charge is 2.26. The number of aliphatic carboxylic acids is 1. The Morgan fingerprint density at radius 2 is 2.38 bits per heavy atom. The van der Waals surface area contributed by atoms with E-state index in [0.717, 1.165) is 5.56 Å². The van der Waals surface area contributed by atoms with Gasteiger partial charge in [0.15, 0.2) is 0 Å². The van der Waals surface area contributed by atoms with Gasteiger partial charge in [-0.2, -0.15) is 0 Å². The van der Waals surface area contributed by atoms with E-state index in [1.54, 1.807) is 12.1 Å². The van der Waals surface area contributed by atoms with Crippen molar-refractivity contribution in [1.29, 1.82) is 0 Å². The third-order valence-electron chi connectivity index (χ3n) is 2.59. The molecule has 2 rings (SSSR count). The number of hydrogen-bond donors (Lipinski definition) is 1. The summed E-state index contributed by atoms with van der Waals surface area (Å²) < 4.78 is 10.4. The molecule has 0 amide bonds. The summed E-state index contributed by atoms with van der Waals surface area (Å²) in [6.45, 7) is 0.188. The number of halogens is 1. The van der Waals surface area contributed by atoms with Crippen LogP contribution in [0.1, 0.15) is 5.56 Å². The molecule has 0 fully saturated rings. The van der Waals surface area contributed by atoms with Crippen LogP contribution in [0.15, 0.2) is 12.1 Å². The SMILES string of the molecule is COc1cc2c(cc1Cl)CC(C(=O)O)CO2. The Morgan fingerprint density at radius 1 is 1.62 bits per heavy atom. The lowest BCUT2D eigenvalue weighted by Crippen LogP contribution is -2.27. The molecule has 1 aromatic carbocycles. The zero-order chi connectivity index (χ0) is 11.7. The van der Waals surface area contributed by atoms with Crippen molar-refractivity contribution in [3.63, 3.8) is 0 Å². The summed E-state index contributed by atoms with van der Waals surface area (Å²) >= 11 is 5.96. The molecule has 1 N–H and O–H groups in total. The Labute approximate surface area is 97.7 Å². The van der Waals surface area contributed by atoms with E-state index in [4.69, 9.17) is 26.2 Å². The van der Waals surface area contributed by atoms with E-state index in [0.29, 0.717) is 22.9 Å². The van der Waals surface area contributed by atoms with E-state index < -0.39 is 11.9 Å². The molecule has 1 aromatic rings. The molecule has 1 aliphatic heterocycles. The van der Waals surface area contributed by atoms with Crippen molar-refractivity contribution in [3.05, 3.63) is 22.7 Å². The van der Waals surface area contributed by atoms with Crippen LogP contribution in [0.4, 0.5) is 0 Å². The lowest BCUT2D eigenvalue weighted by molar-refractivity contribution is -0.143. The van der Waals surface area contributed by atoms with Gasteiger partial charge >= 0.3 is 5.97 Å². The largest absolute Gasteiger partial charge is 0.495 e. The fourth-order valence-electron chi connectivity index (χ4n) is 1.70. The molecule has 5 heteroatoms. The second kappa shape index (κ2) is 4.22. The maximum absolute atomic E-state index is 10.8. The van der Waals surface area contributed by atoms with Gasteiger partial charge in [-0.25, -0.2) is 0 Å². The highest BCUT2D eigenvalue weighted by molar-refractivity contribution is 6.32. The van der Waals surface area contributed by atoms with E-state index in [9.17, 15) is 4.79 Å². The minimum atomic E-state index is -0.849. The quantitative estimate of drug-likeness (QED) is 0.862. The number of ether oxygens (including phenoxy) is 2. The van der Waals surface area contributed by atoms with Crippen LogP contribution in [0.5, 0.6) is 11.5 Å². The Kier molecular flexibility index (Phi) is 2.92. The minimum absolute atomic E-state index is 0.188. The van der Waals surface area contributed by atoms with Crippen LogP contribution in [-0.2, 0) is 11.2 Å². The van der Waals surface area contributed by atoms with Crippen molar-refractivity contribution < 1.29 is 19.4 Å². The highest BCUT2D eigenvalue weighted by Crippen LogP contribution is 2.36. The molecular weight excluding hydrogens is 232 g/mol. The third kappa shape index (κ3) is 1.93. The molecule has 0 saturated carbocycles. The molecule has 4 nitrogen and oxygen atoms in total. The Morgan fingerprint density at radius 3 is 3.00 bits per heavy atom. The van der Waals surface area contributed by atoms with Gasteiger partial charge < -0.3 is 14.6 Å². The summed E-state index contributed by atoms with van der Waals surface area (Å²) in [6, 6.07) is 3.39. The van der Waals surface area contributed by atoms with Gasteiger partial charge in [-0.3, -0.25) is 4.79 Å². The van der Waals surface area contributed by atoms with Crippen LogP contribution in [0.25, 0.3) is 0 Å². The zero-order valence-electron chi connectivity index (χ0n) is 8.70. The van der Waals surface area contributed by atoms with E-state index in [2.05, 4.69) is 0 Å². The fraction of sp³-hybridized carbons (Fsp3) is 0.364. The first-order valence-electron chi connectivity index (χ1n) is 4.84. The highest BCUT2D eigenvalue weighted by atomic mass is 35.5. The molecule has 0 bridgehead atoms. The van der Waals surface area contributed by atoms with Crippen LogP contribution < -0.4 is 9.47 Å². The third-order valence-corrected chi connectivity index (χ3v) is 2.89. The van der Waals surface area contributed by atoms with Gasteiger partial charge in [0.25, 0.3) is 0 Å². The molecule has 86 valence electrons. The number of carboxylic acids is 1. The molecule has 0 saturated heterocycles. The van der Waals surface area contributed by atoms with E-state index in [1.807, 2.05) is 0 Å². The Hall–Kier alpha value is -1.42.